The van der Waals surface area contributed by atoms with Gasteiger partial charge < -0.3 is 16.2 Å². The summed E-state index contributed by atoms with van der Waals surface area (Å²) in [5, 5.41) is 8.87. The number of aliphatic imine (C=N–C) groups is 1. The molecule has 2 heterocycles. The Kier molecular flexibility index (Phi) is 6.45. The SMILES string of the molecule is N#Cc1cnc(C(=O)Cc2ccc(F)c([C@]3(CF)COC(CF)(CF)C(N)=N3)c2)c(N)c1. The summed E-state index contributed by atoms with van der Waals surface area (Å²) in [6.07, 6.45) is 0.925. The van der Waals surface area contributed by atoms with Crippen molar-refractivity contribution in [2.24, 2.45) is 10.7 Å². The second-order valence-corrected chi connectivity index (χ2v) is 7.40. The number of nitrogens with zero attached hydrogens (tertiary/aromatic N) is 3. The molecule has 0 aliphatic carbocycles. The molecule has 168 valence electrons. The van der Waals surface area contributed by atoms with E-state index in [0.29, 0.717) is 0 Å². The molecule has 0 fully saturated rings. The van der Waals surface area contributed by atoms with Crippen molar-refractivity contribution in [3.8, 4) is 6.07 Å². The number of hydrogen-bond acceptors (Lipinski definition) is 7. The summed E-state index contributed by atoms with van der Waals surface area (Å²) in [6.45, 7) is -4.56. The minimum Gasteiger partial charge on any atom is -0.397 e. The van der Waals surface area contributed by atoms with Gasteiger partial charge in [0.25, 0.3) is 0 Å². The van der Waals surface area contributed by atoms with E-state index in [-0.39, 0.29) is 34.5 Å². The van der Waals surface area contributed by atoms with Gasteiger partial charge in [-0.3, -0.25) is 9.79 Å². The highest BCUT2D eigenvalue weighted by molar-refractivity contribution is 6.00. The molecular formula is C21H19F4N5O2. The Bertz CT molecular complexity index is 1110. The number of carbonyl (C=O) groups excluding carboxylic acids is 1. The fourth-order valence-corrected chi connectivity index (χ4v) is 3.31. The summed E-state index contributed by atoms with van der Waals surface area (Å²) in [6, 6.07) is 6.69. The largest absolute Gasteiger partial charge is 0.397 e. The Morgan fingerprint density at radius 1 is 1.19 bits per heavy atom. The van der Waals surface area contributed by atoms with Crippen LogP contribution in [0.25, 0.3) is 0 Å². The van der Waals surface area contributed by atoms with E-state index in [9.17, 15) is 22.4 Å². The summed E-state index contributed by atoms with van der Waals surface area (Å²) in [4.78, 5) is 20.4. The topological polar surface area (TPSA) is 127 Å². The number of benzene rings is 1. The van der Waals surface area contributed by atoms with Crippen molar-refractivity contribution >= 4 is 17.3 Å². The van der Waals surface area contributed by atoms with E-state index in [1.807, 2.05) is 6.07 Å². The van der Waals surface area contributed by atoms with Crippen LogP contribution in [-0.2, 0) is 16.7 Å². The molecule has 0 radical (unpaired) electrons. The normalized spacial score (nSPS) is 19.8. The summed E-state index contributed by atoms with van der Waals surface area (Å²) >= 11 is 0. The molecule has 0 saturated heterocycles. The third-order valence-electron chi connectivity index (χ3n) is 5.25. The molecule has 1 atom stereocenters. The molecule has 0 bridgehead atoms. The minimum absolute atomic E-state index is 0.00320. The van der Waals surface area contributed by atoms with Crippen molar-refractivity contribution in [1.29, 1.82) is 5.26 Å². The second kappa shape index (κ2) is 8.92. The molecule has 1 aromatic heterocycles. The Hall–Kier alpha value is -3.52. The summed E-state index contributed by atoms with van der Waals surface area (Å²) in [7, 11) is 0. The summed E-state index contributed by atoms with van der Waals surface area (Å²) in [5.74, 6) is -2.00. The maximum absolute atomic E-state index is 14.6. The molecule has 11 heteroatoms. The fraction of sp³-hybridized carbons (Fsp3) is 0.333. The first-order valence-corrected chi connectivity index (χ1v) is 9.39. The number of aromatic nitrogens is 1. The van der Waals surface area contributed by atoms with Crippen LogP contribution in [0.15, 0.2) is 35.5 Å². The van der Waals surface area contributed by atoms with Crippen LogP contribution in [0, 0.1) is 17.1 Å². The van der Waals surface area contributed by atoms with E-state index < -0.39 is 55.2 Å². The monoisotopic (exact) mass is 449 g/mol. The van der Waals surface area contributed by atoms with Crippen LogP contribution < -0.4 is 11.5 Å². The number of halogens is 4. The Labute approximate surface area is 180 Å². The van der Waals surface area contributed by atoms with Crippen LogP contribution in [-0.4, -0.2) is 48.8 Å². The highest BCUT2D eigenvalue weighted by Gasteiger charge is 2.48. The van der Waals surface area contributed by atoms with Crippen LogP contribution in [0.5, 0.6) is 0 Å². The smallest absolute Gasteiger partial charge is 0.187 e. The van der Waals surface area contributed by atoms with Gasteiger partial charge in [-0.15, -0.1) is 0 Å². The molecule has 1 aliphatic heterocycles. The first-order chi connectivity index (χ1) is 15.2. The van der Waals surface area contributed by atoms with Gasteiger partial charge >= 0.3 is 0 Å². The molecular weight excluding hydrogens is 430 g/mol. The van der Waals surface area contributed by atoms with Crippen LogP contribution >= 0.6 is 0 Å². The van der Waals surface area contributed by atoms with Gasteiger partial charge in [-0.2, -0.15) is 5.26 Å². The second-order valence-electron chi connectivity index (χ2n) is 7.40. The number of alkyl halides is 3. The standard InChI is InChI=1S/C21H19F4N5O2/c22-8-20(11-32-21(9-23,10-24)19(28)30-20)14-3-12(1-2-15(14)25)5-17(31)18-16(27)4-13(6-26)7-29-18/h1-4,7H,5,8-11,27H2,(H2,28,30)/t20-/m0/s1. The van der Waals surface area contributed by atoms with Gasteiger partial charge in [-0.1, -0.05) is 6.07 Å². The lowest BCUT2D eigenvalue weighted by Crippen LogP contribution is -2.58. The number of Topliss-reactive ketones (excluding diaryl/α,β-unsaturated/α-hetero) is 1. The summed E-state index contributed by atoms with van der Waals surface area (Å²) in [5.41, 5.74) is 7.45. The van der Waals surface area contributed by atoms with Crippen LogP contribution in [0.4, 0.5) is 23.2 Å². The van der Waals surface area contributed by atoms with E-state index in [2.05, 4.69) is 9.98 Å². The number of rotatable bonds is 7. The van der Waals surface area contributed by atoms with Crippen molar-refractivity contribution < 1.29 is 27.1 Å². The van der Waals surface area contributed by atoms with E-state index in [1.54, 1.807) is 0 Å². The maximum Gasteiger partial charge on any atom is 0.187 e. The third-order valence-corrected chi connectivity index (χ3v) is 5.25. The average molecular weight is 449 g/mol. The molecule has 0 spiro atoms. The molecule has 0 unspecified atom stereocenters. The number of nitrogen functional groups attached to an aromatic ring is 1. The molecule has 32 heavy (non-hydrogen) atoms. The van der Waals surface area contributed by atoms with Crippen molar-refractivity contribution in [2.45, 2.75) is 17.6 Å². The first kappa shape index (κ1) is 23.1. The average Bonchev–Trinajstić information content (AvgIpc) is 2.80. The van der Waals surface area contributed by atoms with Gasteiger partial charge in [0.15, 0.2) is 11.4 Å². The van der Waals surface area contributed by atoms with E-state index >= 15 is 0 Å². The highest BCUT2D eigenvalue weighted by atomic mass is 19.1. The minimum atomic E-state index is -2.14. The van der Waals surface area contributed by atoms with Gasteiger partial charge in [0.2, 0.25) is 0 Å². The van der Waals surface area contributed by atoms with Crippen molar-refractivity contribution in [1.82, 2.24) is 4.98 Å². The number of pyridine rings is 1. The molecule has 3 rings (SSSR count). The van der Waals surface area contributed by atoms with Gasteiger partial charge in [0.1, 0.15) is 49.0 Å². The molecule has 0 saturated carbocycles. The number of nitrogens with two attached hydrogens (primary N) is 2. The van der Waals surface area contributed by atoms with E-state index in [0.717, 1.165) is 6.07 Å². The van der Waals surface area contributed by atoms with Gasteiger partial charge in [-0.25, -0.2) is 22.5 Å². The Balaban J connectivity index is 1.96. The van der Waals surface area contributed by atoms with Crippen LogP contribution in [0.2, 0.25) is 0 Å². The zero-order valence-electron chi connectivity index (χ0n) is 16.7. The fourth-order valence-electron chi connectivity index (χ4n) is 3.31. The highest BCUT2D eigenvalue weighted by Crippen LogP contribution is 2.36. The van der Waals surface area contributed by atoms with Gasteiger partial charge in [0, 0.05) is 18.2 Å². The number of nitriles is 1. The van der Waals surface area contributed by atoms with E-state index in [1.165, 1.54) is 24.4 Å². The van der Waals surface area contributed by atoms with Crippen LogP contribution in [0.3, 0.4) is 0 Å². The maximum atomic E-state index is 14.6. The number of carbonyl (C=O) groups is 1. The predicted octanol–water partition coefficient (Wildman–Crippen LogP) is 2.33. The van der Waals surface area contributed by atoms with Crippen molar-refractivity contribution in [3.63, 3.8) is 0 Å². The molecule has 7 nitrogen and oxygen atoms in total. The number of ketones is 1. The number of amidine groups is 1. The van der Waals surface area contributed by atoms with Crippen molar-refractivity contribution in [3.05, 3.63) is 58.7 Å². The summed E-state index contributed by atoms with van der Waals surface area (Å²) < 4.78 is 60.5. The molecule has 4 N–H and O–H groups in total. The Morgan fingerprint density at radius 2 is 1.91 bits per heavy atom. The number of hydrogen-bond donors (Lipinski definition) is 2. The number of ether oxygens (including phenoxy) is 1. The zero-order chi connectivity index (χ0) is 23.5. The van der Waals surface area contributed by atoms with Crippen molar-refractivity contribution in [2.75, 3.05) is 32.4 Å². The first-order valence-electron chi connectivity index (χ1n) is 9.39. The third kappa shape index (κ3) is 4.01. The quantitative estimate of drug-likeness (QED) is 0.493. The van der Waals surface area contributed by atoms with E-state index in [4.69, 9.17) is 21.5 Å². The number of anilines is 1. The predicted molar refractivity (Wildman–Crippen MR) is 108 cm³/mol. The lowest BCUT2D eigenvalue weighted by Gasteiger charge is -2.40. The van der Waals surface area contributed by atoms with Gasteiger partial charge in [0.05, 0.1) is 17.9 Å². The molecule has 0 amide bonds. The lowest BCUT2D eigenvalue weighted by atomic mass is 9.87. The Morgan fingerprint density at radius 3 is 2.47 bits per heavy atom. The molecule has 1 aliphatic rings. The molecule has 1 aromatic carbocycles. The van der Waals surface area contributed by atoms with Crippen LogP contribution in [0.1, 0.15) is 27.2 Å². The van der Waals surface area contributed by atoms with Gasteiger partial charge in [-0.05, 0) is 23.8 Å². The molecule has 2 aromatic rings. The zero-order valence-corrected chi connectivity index (χ0v) is 16.7. The lowest BCUT2D eigenvalue weighted by molar-refractivity contribution is -0.0644.